The molecule has 106 valence electrons. The fourth-order valence-electron chi connectivity index (χ4n) is 1.63. The van der Waals surface area contributed by atoms with Gasteiger partial charge in [-0.2, -0.15) is 0 Å². The van der Waals surface area contributed by atoms with E-state index in [0.717, 1.165) is 6.42 Å². The van der Waals surface area contributed by atoms with E-state index in [2.05, 4.69) is 5.32 Å². The Kier molecular flexibility index (Phi) is 7.30. The van der Waals surface area contributed by atoms with Crippen LogP contribution < -0.4 is 10.1 Å². The van der Waals surface area contributed by atoms with E-state index in [1.165, 1.54) is 0 Å². The van der Waals surface area contributed by atoms with Crippen molar-refractivity contribution in [2.45, 2.75) is 32.2 Å². The number of hydrogen-bond acceptors (Lipinski definition) is 3. The van der Waals surface area contributed by atoms with Gasteiger partial charge >= 0.3 is 0 Å². The Morgan fingerprint density at radius 1 is 1.47 bits per heavy atom. The van der Waals surface area contributed by atoms with Gasteiger partial charge in [0.15, 0.2) is 0 Å². The molecule has 19 heavy (non-hydrogen) atoms. The van der Waals surface area contributed by atoms with Crippen LogP contribution in [0.15, 0.2) is 24.3 Å². The van der Waals surface area contributed by atoms with E-state index in [9.17, 15) is 4.79 Å². The standard InChI is InChI=1S/C14H20ClNO3/c1-11(5-4-9-17)16-14(18)8-10-19-13-7-3-2-6-12(13)15/h2-3,6-7,11,17H,4-5,8-10H2,1H3,(H,16,18). The summed E-state index contributed by atoms with van der Waals surface area (Å²) < 4.78 is 5.44. The highest BCUT2D eigenvalue weighted by atomic mass is 35.5. The Morgan fingerprint density at radius 3 is 2.89 bits per heavy atom. The molecular formula is C14H20ClNO3. The first-order chi connectivity index (χ1) is 9.13. The molecule has 0 fully saturated rings. The molecule has 1 atom stereocenters. The maximum atomic E-state index is 11.6. The van der Waals surface area contributed by atoms with E-state index in [0.29, 0.717) is 23.8 Å². The summed E-state index contributed by atoms with van der Waals surface area (Å²) in [6, 6.07) is 7.24. The first-order valence-electron chi connectivity index (χ1n) is 6.41. The third-order valence-corrected chi connectivity index (χ3v) is 2.94. The normalized spacial score (nSPS) is 11.9. The monoisotopic (exact) mass is 285 g/mol. The van der Waals surface area contributed by atoms with Crippen LogP contribution in [0.3, 0.4) is 0 Å². The van der Waals surface area contributed by atoms with Gasteiger partial charge in [0.25, 0.3) is 0 Å². The number of carbonyl (C=O) groups is 1. The average Bonchev–Trinajstić information content (AvgIpc) is 2.38. The van der Waals surface area contributed by atoms with Gasteiger partial charge in [-0.15, -0.1) is 0 Å². The van der Waals surface area contributed by atoms with Crippen LogP contribution in [0.25, 0.3) is 0 Å². The number of carbonyl (C=O) groups excluding carboxylic acids is 1. The molecule has 0 aliphatic carbocycles. The molecule has 0 aromatic heterocycles. The van der Waals surface area contributed by atoms with E-state index in [4.69, 9.17) is 21.4 Å². The summed E-state index contributed by atoms with van der Waals surface area (Å²) in [7, 11) is 0. The van der Waals surface area contributed by atoms with Gasteiger partial charge in [-0.25, -0.2) is 0 Å². The molecule has 2 N–H and O–H groups in total. The lowest BCUT2D eigenvalue weighted by molar-refractivity contribution is -0.122. The number of aliphatic hydroxyl groups excluding tert-OH is 1. The highest BCUT2D eigenvalue weighted by Crippen LogP contribution is 2.22. The summed E-state index contributed by atoms with van der Waals surface area (Å²) in [6.45, 7) is 2.36. The second-order valence-electron chi connectivity index (χ2n) is 4.36. The van der Waals surface area contributed by atoms with Crippen molar-refractivity contribution in [3.63, 3.8) is 0 Å². The number of rotatable bonds is 8. The number of benzene rings is 1. The minimum atomic E-state index is -0.0579. The Balaban J connectivity index is 2.22. The molecule has 0 aliphatic rings. The molecule has 0 heterocycles. The molecule has 5 heteroatoms. The molecule has 0 aliphatic heterocycles. The summed E-state index contributed by atoms with van der Waals surface area (Å²) in [5.41, 5.74) is 0. The Bertz CT molecular complexity index is 398. The Morgan fingerprint density at radius 2 is 2.21 bits per heavy atom. The average molecular weight is 286 g/mol. The first-order valence-corrected chi connectivity index (χ1v) is 6.79. The maximum Gasteiger partial charge on any atom is 0.223 e. The van der Waals surface area contributed by atoms with Crippen LogP contribution in [0.5, 0.6) is 5.75 Å². The molecule has 1 rings (SSSR count). The minimum absolute atomic E-state index is 0.0579. The van der Waals surface area contributed by atoms with Gasteiger partial charge in [-0.1, -0.05) is 23.7 Å². The summed E-state index contributed by atoms with van der Waals surface area (Å²) in [5.74, 6) is 0.530. The summed E-state index contributed by atoms with van der Waals surface area (Å²) in [4.78, 5) is 11.6. The molecule has 1 unspecified atom stereocenters. The van der Waals surface area contributed by atoms with Crippen molar-refractivity contribution < 1.29 is 14.6 Å². The van der Waals surface area contributed by atoms with Gasteiger partial charge in [-0.3, -0.25) is 4.79 Å². The smallest absolute Gasteiger partial charge is 0.223 e. The SMILES string of the molecule is CC(CCCO)NC(=O)CCOc1ccccc1Cl. The molecule has 4 nitrogen and oxygen atoms in total. The van der Waals surface area contributed by atoms with E-state index in [1.807, 2.05) is 19.1 Å². The molecular weight excluding hydrogens is 266 g/mol. The predicted octanol–water partition coefficient (Wildman–Crippen LogP) is 2.39. The molecule has 0 radical (unpaired) electrons. The van der Waals surface area contributed by atoms with Crippen molar-refractivity contribution in [3.8, 4) is 5.75 Å². The van der Waals surface area contributed by atoms with Crippen molar-refractivity contribution in [3.05, 3.63) is 29.3 Å². The number of para-hydroxylation sites is 1. The van der Waals surface area contributed by atoms with Gasteiger partial charge < -0.3 is 15.2 Å². The summed E-state index contributed by atoms with van der Waals surface area (Å²) >= 11 is 5.93. The molecule has 1 amide bonds. The second-order valence-corrected chi connectivity index (χ2v) is 4.77. The van der Waals surface area contributed by atoms with Gasteiger partial charge in [0.1, 0.15) is 5.75 Å². The van der Waals surface area contributed by atoms with Crippen LogP contribution in [0.2, 0.25) is 5.02 Å². The quantitative estimate of drug-likeness (QED) is 0.771. The zero-order valence-electron chi connectivity index (χ0n) is 11.1. The lowest BCUT2D eigenvalue weighted by Gasteiger charge is -2.13. The number of hydrogen-bond donors (Lipinski definition) is 2. The van der Waals surface area contributed by atoms with Gasteiger partial charge in [0.05, 0.1) is 18.1 Å². The minimum Gasteiger partial charge on any atom is -0.491 e. The number of nitrogens with one attached hydrogen (secondary N) is 1. The van der Waals surface area contributed by atoms with Crippen molar-refractivity contribution in [1.82, 2.24) is 5.32 Å². The number of amides is 1. The molecule has 1 aromatic rings. The van der Waals surface area contributed by atoms with Crippen molar-refractivity contribution in [2.75, 3.05) is 13.2 Å². The third-order valence-electron chi connectivity index (χ3n) is 2.63. The van der Waals surface area contributed by atoms with Crippen LogP contribution in [-0.4, -0.2) is 30.3 Å². The topological polar surface area (TPSA) is 58.6 Å². The highest BCUT2D eigenvalue weighted by molar-refractivity contribution is 6.32. The van der Waals surface area contributed by atoms with E-state index >= 15 is 0 Å². The summed E-state index contributed by atoms with van der Waals surface area (Å²) in [6.07, 6.45) is 1.75. The molecule has 0 bridgehead atoms. The van der Waals surface area contributed by atoms with E-state index in [1.54, 1.807) is 12.1 Å². The van der Waals surface area contributed by atoms with Crippen LogP contribution in [0.1, 0.15) is 26.2 Å². The van der Waals surface area contributed by atoms with Gasteiger partial charge in [-0.05, 0) is 31.9 Å². The van der Waals surface area contributed by atoms with E-state index in [-0.39, 0.29) is 25.0 Å². The lowest BCUT2D eigenvalue weighted by atomic mass is 10.2. The number of halogens is 1. The molecule has 1 aromatic carbocycles. The van der Waals surface area contributed by atoms with Crippen LogP contribution in [0, 0.1) is 0 Å². The van der Waals surface area contributed by atoms with Crippen molar-refractivity contribution in [1.29, 1.82) is 0 Å². The Hall–Kier alpha value is -1.26. The van der Waals surface area contributed by atoms with Gasteiger partial charge in [0, 0.05) is 12.6 Å². The van der Waals surface area contributed by atoms with Gasteiger partial charge in [0.2, 0.25) is 5.91 Å². The largest absolute Gasteiger partial charge is 0.491 e. The van der Waals surface area contributed by atoms with Crippen LogP contribution in [-0.2, 0) is 4.79 Å². The summed E-state index contributed by atoms with van der Waals surface area (Å²) in [5, 5.41) is 12.1. The first kappa shape index (κ1) is 15.8. The van der Waals surface area contributed by atoms with Crippen molar-refractivity contribution >= 4 is 17.5 Å². The molecule has 0 spiro atoms. The third kappa shape index (κ3) is 6.45. The number of ether oxygens (including phenoxy) is 1. The number of aliphatic hydroxyl groups is 1. The predicted molar refractivity (Wildman–Crippen MR) is 75.5 cm³/mol. The van der Waals surface area contributed by atoms with Crippen molar-refractivity contribution in [2.24, 2.45) is 0 Å². The maximum absolute atomic E-state index is 11.6. The lowest BCUT2D eigenvalue weighted by Crippen LogP contribution is -2.33. The van der Waals surface area contributed by atoms with Crippen LogP contribution in [0.4, 0.5) is 0 Å². The Labute approximate surface area is 118 Å². The zero-order chi connectivity index (χ0) is 14.1. The fourth-order valence-corrected chi connectivity index (χ4v) is 1.82. The van der Waals surface area contributed by atoms with Crippen LogP contribution >= 0.6 is 11.6 Å². The molecule has 0 saturated carbocycles. The zero-order valence-corrected chi connectivity index (χ0v) is 11.8. The van der Waals surface area contributed by atoms with E-state index < -0.39 is 0 Å². The fraction of sp³-hybridized carbons (Fsp3) is 0.500. The molecule has 0 saturated heterocycles. The second kappa shape index (κ2) is 8.77. The highest BCUT2D eigenvalue weighted by Gasteiger charge is 2.07.